The smallest absolute Gasteiger partial charge is 0.281 e. The quantitative estimate of drug-likeness (QED) is 0.180. The van der Waals surface area contributed by atoms with Gasteiger partial charge in [-0.25, -0.2) is 9.67 Å². The van der Waals surface area contributed by atoms with Crippen LogP contribution in [-0.4, -0.2) is 51.4 Å². The van der Waals surface area contributed by atoms with Gasteiger partial charge in [0.1, 0.15) is 22.8 Å². The third-order valence-corrected chi connectivity index (χ3v) is 5.92. The number of aromatic nitrogens is 4. The molecule has 2 aromatic carbocycles. The van der Waals surface area contributed by atoms with E-state index >= 15 is 0 Å². The fourth-order valence-electron chi connectivity index (χ4n) is 4.07. The Morgan fingerprint density at radius 3 is 2.59 bits per heavy atom. The van der Waals surface area contributed by atoms with Gasteiger partial charge in [-0.3, -0.25) is 19.9 Å². The number of nitro benzene ring substituents is 1. The van der Waals surface area contributed by atoms with Gasteiger partial charge in [0.25, 0.3) is 11.6 Å². The number of nitrogens with zero attached hydrogens (tertiary/aromatic N) is 5. The Balaban J connectivity index is 1.35. The summed E-state index contributed by atoms with van der Waals surface area (Å²) in [6, 6.07) is 14.4. The number of ether oxygens (including phenoxy) is 4. The Bertz CT molecular complexity index is 1740. The van der Waals surface area contributed by atoms with Crippen LogP contribution < -0.4 is 24.3 Å². The van der Waals surface area contributed by atoms with Crippen LogP contribution in [0.3, 0.4) is 0 Å². The van der Waals surface area contributed by atoms with Gasteiger partial charge >= 0.3 is 0 Å². The first-order chi connectivity index (χ1) is 19.9. The standard InChI is InChI=1S/C28H24N6O7/c1-4-40-23-16-33(17-6-5-7-18(14-17)34(36)37)32-26(23)28(35)31-24-11-8-19(15-30-24)41-21-12-13-29-25-20(21)9-10-22(38-2)27(25)39-3/h5-16H,4H2,1-3H3,(H,30,31,35). The molecule has 0 bridgehead atoms. The minimum absolute atomic E-state index is 0.00638. The summed E-state index contributed by atoms with van der Waals surface area (Å²) in [5.41, 5.74) is 0.870. The van der Waals surface area contributed by atoms with Crippen molar-refractivity contribution in [2.75, 3.05) is 26.1 Å². The fourth-order valence-corrected chi connectivity index (χ4v) is 4.07. The molecule has 0 saturated heterocycles. The van der Waals surface area contributed by atoms with Crippen molar-refractivity contribution in [3.8, 4) is 34.4 Å². The highest BCUT2D eigenvalue weighted by Crippen LogP contribution is 2.38. The van der Waals surface area contributed by atoms with Gasteiger partial charge in [0, 0.05) is 23.7 Å². The summed E-state index contributed by atoms with van der Waals surface area (Å²) in [6.07, 6.45) is 4.56. The van der Waals surface area contributed by atoms with Crippen LogP contribution in [0.4, 0.5) is 11.5 Å². The molecule has 208 valence electrons. The van der Waals surface area contributed by atoms with Crippen LogP contribution in [0.15, 0.2) is 73.2 Å². The van der Waals surface area contributed by atoms with Crippen molar-refractivity contribution in [1.82, 2.24) is 19.7 Å². The zero-order valence-electron chi connectivity index (χ0n) is 22.2. The number of amides is 1. The van der Waals surface area contributed by atoms with Gasteiger partial charge in [-0.1, -0.05) is 6.07 Å². The number of anilines is 1. The van der Waals surface area contributed by atoms with E-state index in [4.69, 9.17) is 18.9 Å². The summed E-state index contributed by atoms with van der Waals surface area (Å²) in [5.74, 6) is 1.89. The van der Waals surface area contributed by atoms with Crippen LogP contribution in [0.5, 0.6) is 28.7 Å². The predicted molar refractivity (Wildman–Crippen MR) is 148 cm³/mol. The van der Waals surface area contributed by atoms with E-state index in [1.165, 1.54) is 35.3 Å². The van der Waals surface area contributed by atoms with E-state index in [-0.39, 0.29) is 29.6 Å². The summed E-state index contributed by atoms with van der Waals surface area (Å²) < 4.78 is 23.8. The second kappa shape index (κ2) is 11.6. The number of benzene rings is 2. The Labute approximate surface area is 233 Å². The fraction of sp³-hybridized carbons (Fsp3) is 0.143. The van der Waals surface area contributed by atoms with Gasteiger partial charge in [0.05, 0.1) is 43.8 Å². The van der Waals surface area contributed by atoms with Crippen molar-refractivity contribution in [2.45, 2.75) is 6.92 Å². The van der Waals surface area contributed by atoms with E-state index in [0.29, 0.717) is 39.6 Å². The molecule has 41 heavy (non-hydrogen) atoms. The Morgan fingerprint density at radius 2 is 1.88 bits per heavy atom. The molecule has 0 aliphatic rings. The van der Waals surface area contributed by atoms with Gasteiger partial charge < -0.3 is 24.3 Å². The average Bonchev–Trinajstić information content (AvgIpc) is 3.42. The van der Waals surface area contributed by atoms with E-state index < -0.39 is 10.8 Å². The first-order valence-electron chi connectivity index (χ1n) is 12.3. The minimum atomic E-state index is -0.569. The number of non-ortho nitro benzene ring substituents is 1. The summed E-state index contributed by atoms with van der Waals surface area (Å²) in [7, 11) is 3.09. The monoisotopic (exact) mass is 556 g/mol. The molecule has 13 heteroatoms. The van der Waals surface area contributed by atoms with Gasteiger partial charge in [0.15, 0.2) is 22.9 Å². The van der Waals surface area contributed by atoms with E-state index in [0.717, 1.165) is 0 Å². The SMILES string of the molecule is CCOc1cn(-c2cccc([N+](=O)[O-])c2)nc1C(=O)Nc1ccc(Oc2ccnc3c(OC)c(OC)ccc23)cn1. The minimum Gasteiger partial charge on any atom is -0.493 e. The lowest BCUT2D eigenvalue weighted by molar-refractivity contribution is -0.384. The normalized spacial score (nSPS) is 10.7. The first-order valence-corrected chi connectivity index (χ1v) is 12.3. The molecule has 5 rings (SSSR count). The van der Waals surface area contributed by atoms with Crippen LogP contribution in [0, 0.1) is 10.1 Å². The number of carbonyl (C=O) groups excluding carboxylic acids is 1. The van der Waals surface area contributed by atoms with Crippen LogP contribution in [0.25, 0.3) is 16.6 Å². The molecule has 5 aromatic rings. The second-order valence-corrected chi connectivity index (χ2v) is 8.44. The van der Waals surface area contributed by atoms with Crippen LogP contribution in [0.2, 0.25) is 0 Å². The number of rotatable bonds is 10. The number of fused-ring (bicyclic) bond motifs is 1. The number of methoxy groups -OCH3 is 2. The summed E-state index contributed by atoms with van der Waals surface area (Å²) >= 11 is 0. The lowest BCUT2D eigenvalue weighted by Gasteiger charge is -2.13. The summed E-state index contributed by atoms with van der Waals surface area (Å²) in [4.78, 5) is 32.4. The summed E-state index contributed by atoms with van der Waals surface area (Å²) in [5, 5.41) is 18.9. The van der Waals surface area contributed by atoms with Crippen molar-refractivity contribution in [1.29, 1.82) is 0 Å². The molecule has 0 saturated carbocycles. The topological polar surface area (TPSA) is 153 Å². The maximum atomic E-state index is 13.1. The Morgan fingerprint density at radius 1 is 1.02 bits per heavy atom. The third-order valence-electron chi connectivity index (χ3n) is 5.92. The second-order valence-electron chi connectivity index (χ2n) is 8.44. The van der Waals surface area contributed by atoms with Crippen molar-refractivity contribution < 1.29 is 28.7 Å². The molecular weight excluding hydrogens is 532 g/mol. The van der Waals surface area contributed by atoms with E-state index in [9.17, 15) is 14.9 Å². The van der Waals surface area contributed by atoms with Crippen molar-refractivity contribution in [3.05, 3.63) is 89.0 Å². The number of carbonyl (C=O) groups is 1. The lowest BCUT2D eigenvalue weighted by atomic mass is 10.1. The van der Waals surface area contributed by atoms with Crippen LogP contribution >= 0.6 is 0 Å². The molecule has 0 atom stereocenters. The molecule has 0 unspecified atom stereocenters. The number of nitrogens with one attached hydrogen (secondary N) is 1. The molecule has 13 nitrogen and oxygen atoms in total. The van der Waals surface area contributed by atoms with Crippen molar-refractivity contribution >= 4 is 28.3 Å². The molecule has 3 heterocycles. The lowest BCUT2D eigenvalue weighted by Crippen LogP contribution is -2.15. The van der Waals surface area contributed by atoms with Gasteiger partial charge in [-0.05, 0) is 43.3 Å². The molecule has 1 N–H and O–H groups in total. The van der Waals surface area contributed by atoms with Gasteiger partial charge in [0.2, 0.25) is 0 Å². The number of pyridine rings is 2. The van der Waals surface area contributed by atoms with Crippen molar-refractivity contribution in [3.63, 3.8) is 0 Å². The third kappa shape index (κ3) is 5.54. The van der Waals surface area contributed by atoms with E-state index in [2.05, 4.69) is 20.4 Å². The molecule has 0 aliphatic carbocycles. The molecule has 3 aromatic heterocycles. The number of hydrogen-bond donors (Lipinski definition) is 1. The molecule has 0 radical (unpaired) electrons. The summed E-state index contributed by atoms with van der Waals surface area (Å²) in [6.45, 7) is 2.05. The van der Waals surface area contributed by atoms with Gasteiger partial charge in [-0.15, -0.1) is 0 Å². The highest BCUT2D eigenvalue weighted by Gasteiger charge is 2.21. The largest absolute Gasteiger partial charge is 0.493 e. The zero-order valence-corrected chi connectivity index (χ0v) is 22.2. The molecule has 0 fully saturated rings. The molecule has 0 aliphatic heterocycles. The first kappa shape index (κ1) is 26.9. The predicted octanol–water partition coefficient (Wildman–Crippen LogP) is 5.18. The maximum absolute atomic E-state index is 13.1. The Kier molecular flexibility index (Phi) is 7.58. The van der Waals surface area contributed by atoms with Gasteiger partial charge in [-0.2, -0.15) is 5.10 Å². The van der Waals surface area contributed by atoms with E-state index in [1.54, 1.807) is 57.7 Å². The molecule has 1 amide bonds. The highest BCUT2D eigenvalue weighted by atomic mass is 16.6. The zero-order chi connectivity index (χ0) is 28.9. The highest BCUT2D eigenvalue weighted by molar-refractivity contribution is 6.04. The molecule has 0 spiro atoms. The van der Waals surface area contributed by atoms with Crippen molar-refractivity contribution in [2.24, 2.45) is 0 Å². The Hall–Kier alpha value is -5.72. The molecular formula is C28H24N6O7. The maximum Gasteiger partial charge on any atom is 0.281 e. The number of hydrogen-bond acceptors (Lipinski definition) is 10. The van der Waals surface area contributed by atoms with Crippen LogP contribution in [-0.2, 0) is 0 Å². The average molecular weight is 557 g/mol. The van der Waals surface area contributed by atoms with Crippen LogP contribution in [0.1, 0.15) is 17.4 Å². The number of nitro groups is 1. The van der Waals surface area contributed by atoms with E-state index in [1.807, 2.05) is 6.07 Å².